The molecular formula is C17H20N4O4S. The Morgan fingerprint density at radius 3 is 2.81 bits per heavy atom. The van der Waals surface area contributed by atoms with Crippen molar-refractivity contribution in [1.29, 1.82) is 0 Å². The third-order valence-corrected chi connectivity index (χ3v) is 5.16. The van der Waals surface area contributed by atoms with E-state index in [0.717, 1.165) is 15.6 Å². The number of methoxy groups -OCH3 is 1. The van der Waals surface area contributed by atoms with Gasteiger partial charge >= 0.3 is 0 Å². The maximum absolute atomic E-state index is 12.7. The van der Waals surface area contributed by atoms with E-state index in [1.54, 1.807) is 14.0 Å². The molecule has 3 aromatic rings. The highest BCUT2D eigenvalue weighted by Gasteiger charge is 2.23. The zero-order valence-electron chi connectivity index (χ0n) is 15.1. The number of ether oxygens (including phenoxy) is 1. The summed E-state index contributed by atoms with van der Waals surface area (Å²) in [7, 11) is 1.56. The van der Waals surface area contributed by atoms with Gasteiger partial charge in [0.1, 0.15) is 22.5 Å². The van der Waals surface area contributed by atoms with Crippen LogP contribution in [0.3, 0.4) is 0 Å². The first-order valence-corrected chi connectivity index (χ1v) is 8.92. The lowest BCUT2D eigenvalue weighted by molar-refractivity contribution is 0.0950. The van der Waals surface area contributed by atoms with Crippen LogP contribution in [0.5, 0.6) is 0 Å². The second kappa shape index (κ2) is 7.38. The lowest BCUT2D eigenvalue weighted by Crippen LogP contribution is -2.27. The third-order valence-electron chi connectivity index (χ3n) is 4.09. The van der Waals surface area contributed by atoms with Crippen LogP contribution >= 0.6 is 11.3 Å². The molecule has 0 aromatic carbocycles. The van der Waals surface area contributed by atoms with Crippen LogP contribution in [0.4, 0.5) is 0 Å². The van der Waals surface area contributed by atoms with Crippen molar-refractivity contribution in [1.82, 2.24) is 19.9 Å². The van der Waals surface area contributed by atoms with E-state index in [2.05, 4.69) is 15.3 Å². The summed E-state index contributed by atoms with van der Waals surface area (Å²) < 4.78 is 11.9. The van der Waals surface area contributed by atoms with Gasteiger partial charge in [0.2, 0.25) is 5.71 Å². The minimum absolute atomic E-state index is 0.159. The lowest BCUT2D eigenvalue weighted by Gasteiger charge is -2.05. The number of carbonyl (C=O) groups is 1. The normalized spacial score (nSPS) is 11.2. The summed E-state index contributed by atoms with van der Waals surface area (Å²) >= 11 is 1.53. The highest BCUT2D eigenvalue weighted by Crippen LogP contribution is 2.21. The fourth-order valence-corrected chi connectivity index (χ4v) is 3.49. The van der Waals surface area contributed by atoms with Crippen LogP contribution in [0, 0.1) is 20.8 Å². The molecule has 0 atom stereocenters. The smallest absolute Gasteiger partial charge is 0.265 e. The van der Waals surface area contributed by atoms with E-state index < -0.39 is 0 Å². The Bertz CT molecular complexity index is 998. The van der Waals surface area contributed by atoms with E-state index in [1.807, 2.05) is 13.8 Å². The maximum atomic E-state index is 12.7. The summed E-state index contributed by atoms with van der Waals surface area (Å²) in [4.78, 5) is 35.1. The first-order valence-electron chi connectivity index (χ1n) is 8.11. The Labute approximate surface area is 153 Å². The van der Waals surface area contributed by atoms with Crippen LogP contribution < -0.4 is 10.9 Å². The molecule has 0 saturated heterocycles. The van der Waals surface area contributed by atoms with Gasteiger partial charge in [-0.25, -0.2) is 9.97 Å². The predicted octanol–water partition coefficient (Wildman–Crippen LogP) is 1.95. The number of aryl methyl sites for hydroxylation is 3. The Hall–Kier alpha value is -2.52. The van der Waals surface area contributed by atoms with E-state index in [-0.39, 0.29) is 28.1 Å². The predicted molar refractivity (Wildman–Crippen MR) is 97.6 cm³/mol. The van der Waals surface area contributed by atoms with E-state index >= 15 is 0 Å². The van der Waals surface area contributed by atoms with Gasteiger partial charge in [-0.15, -0.1) is 11.3 Å². The van der Waals surface area contributed by atoms with Crippen molar-refractivity contribution < 1.29 is 13.9 Å². The van der Waals surface area contributed by atoms with Crippen LogP contribution in [-0.2, 0) is 17.8 Å². The van der Waals surface area contributed by atoms with Crippen molar-refractivity contribution in [2.45, 2.75) is 33.9 Å². The summed E-state index contributed by atoms with van der Waals surface area (Å²) in [5, 5.41) is 3.81. The molecule has 1 amide bonds. The third kappa shape index (κ3) is 3.40. The van der Waals surface area contributed by atoms with Gasteiger partial charge in [-0.3, -0.25) is 14.2 Å². The number of nitrogens with one attached hydrogen (secondary N) is 1. The SMILES string of the molecule is COCCn1cnc2oc(C)c(C(=O)NCc3nc(C)c(C)s3)c2c1=O. The van der Waals surface area contributed by atoms with Gasteiger partial charge in [-0.1, -0.05) is 0 Å². The molecule has 3 rings (SSSR count). The molecule has 138 valence electrons. The molecule has 8 nitrogen and oxygen atoms in total. The van der Waals surface area contributed by atoms with Crippen LogP contribution in [0.2, 0.25) is 0 Å². The van der Waals surface area contributed by atoms with Gasteiger partial charge < -0.3 is 14.5 Å². The monoisotopic (exact) mass is 376 g/mol. The average Bonchev–Trinajstić information content (AvgIpc) is 3.11. The number of hydrogen-bond donors (Lipinski definition) is 1. The molecule has 0 radical (unpaired) electrons. The molecule has 0 spiro atoms. The van der Waals surface area contributed by atoms with Crippen molar-refractivity contribution in [3.63, 3.8) is 0 Å². The van der Waals surface area contributed by atoms with Gasteiger partial charge in [-0.2, -0.15) is 0 Å². The van der Waals surface area contributed by atoms with Crippen molar-refractivity contribution in [2.24, 2.45) is 0 Å². The molecule has 3 heterocycles. The maximum Gasteiger partial charge on any atom is 0.265 e. The van der Waals surface area contributed by atoms with Gasteiger partial charge in [0, 0.05) is 12.0 Å². The Kier molecular flexibility index (Phi) is 5.19. The molecule has 0 aliphatic carbocycles. The fourth-order valence-electron chi connectivity index (χ4n) is 2.62. The van der Waals surface area contributed by atoms with Gasteiger partial charge in [0.15, 0.2) is 0 Å². The Balaban J connectivity index is 1.91. The summed E-state index contributed by atoms with van der Waals surface area (Å²) in [6.45, 7) is 6.57. The fraction of sp³-hybridized carbons (Fsp3) is 0.412. The molecule has 0 aliphatic rings. The largest absolute Gasteiger partial charge is 0.442 e. The topological polar surface area (TPSA) is 99.2 Å². The number of furan rings is 1. The first kappa shape index (κ1) is 18.3. The van der Waals surface area contributed by atoms with Gasteiger partial charge in [0.05, 0.1) is 31.0 Å². The van der Waals surface area contributed by atoms with Gasteiger partial charge in [-0.05, 0) is 20.8 Å². The molecule has 0 bridgehead atoms. The van der Waals surface area contributed by atoms with Crippen molar-refractivity contribution in [2.75, 3.05) is 13.7 Å². The number of nitrogens with zero attached hydrogens (tertiary/aromatic N) is 3. The first-order chi connectivity index (χ1) is 12.4. The average molecular weight is 376 g/mol. The molecule has 0 aliphatic heterocycles. The van der Waals surface area contributed by atoms with Crippen molar-refractivity contribution >= 4 is 28.3 Å². The number of carbonyl (C=O) groups excluding carboxylic acids is 1. The molecular weight excluding hydrogens is 356 g/mol. The minimum atomic E-state index is -0.379. The number of thiazole rings is 1. The molecule has 3 aromatic heterocycles. The van der Waals surface area contributed by atoms with Crippen LogP contribution in [0.1, 0.15) is 31.7 Å². The molecule has 0 unspecified atom stereocenters. The number of rotatable bonds is 6. The number of aromatic nitrogens is 3. The Morgan fingerprint density at radius 1 is 1.38 bits per heavy atom. The summed E-state index contributed by atoms with van der Waals surface area (Å²) in [5.41, 5.74) is 1.01. The summed E-state index contributed by atoms with van der Waals surface area (Å²) in [5.74, 6) is -0.0201. The zero-order chi connectivity index (χ0) is 18.8. The van der Waals surface area contributed by atoms with E-state index in [9.17, 15) is 9.59 Å². The molecule has 26 heavy (non-hydrogen) atoms. The van der Waals surface area contributed by atoms with E-state index in [0.29, 0.717) is 25.5 Å². The van der Waals surface area contributed by atoms with Crippen LogP contribution in [-0.4, -0.2) is 34.2 Å². The second-order valence-corrected chi connectivity index (χ2v) is 7.17. The standard InChI is InChI=1S/C17H20N4O4S/c1-9-11(3)26-12(20-9)7-18-15(22)13-10(2)25-16-14(13)17(23)21(8-19-16)5-6-24-4/h8H,5-7H2,1-4H3,(H,18,22). The highest BCUT2D eigenvalue weighted by molar-refractivity contribution is 7.11. The second-order valence-electron chi connectivity index (χ2n) is 5.88. The van der Waals surface area contributed by atoms with Crippen molar-refractivity contribution in [3.8, 4) is 0 Å². The minimum Gasteiger partial charge on any atom is -0.442 e. The Morgan fingerprint density at radius 2 is 2.15 bits per heavy atom. The highest BCUT2D eigenvalue weighted by atomic mass is 32.1. The molecule has 0 saturated carbocycles. The lowest BCUT2D eigenvalue weighted by atomic mass is 10.2. The van der Waals surface area contributed by atoms with Crippen LogP contribution in [0.15, 0.2) is 15.5 Å². The quantitative estimate of drug-likeness (QED) is 0.706. The molecule has 9 heteroatoms. The molecule has 1 N–H and O–H groups in total. The number of amides is 1. The van der Waals surface area contributed by atoms with Crippen LogP contribution in [0.25, 0.3) is 11.1 Å². The molecule has 0 fully saturated rings. The summed E-state index contributed by atoms with van der Waals surface area (Å²) in [6, 6.07) is 0. The van der Waals surface area contributed by atoms with E-state index in [4.69, 9.17) is 9.15 Å². The van der Waals surface area contributed by atoms with Gasteiger partial charge in [0.25, 0.3) is 11.5 Å². The summed E-state index contributed by atoms with van der Waals surface area (Å²) in [6.07, 6.45) is 1.40. The number of hydrogen-bond acceptors (Lipinski definition) is 7. The van der Waals surface area contributed by atoms with E-state index in [1.165, 1.54) is 22.2 Å². The van der Waals surface area contributed by atoms with Crippen molar-refractivity contribution in [3.05, 3.63) is 43.6 Å². The number of fused-ring (bicyclic) bond motifs is 1. The zero-order valence-corrected chi connectivity index (χ0v) is 15.9.